The van der Waals surface area contributed by atoms with Gasteiger partial charge in [-0.05, 0) is 37.0 Å². The fourth-order valence-corrected chi connectivity index (χ4v) is 3.09. The van der Waals surface area contributed by atoms with Gasteiger partial charge in [0.1, 0.15) is 0 Å². The third kappa shape index (κ3) is 3.83. The molecule has 0 unspecified atom stereocenters. The van der Waals surface area contributed by atoms with Crippen molar-refractivity contribution in [1.29, 1.82) is 0 Å². The third-order valence-electron chi connectivity index (χ3n) is 4.56. The van der Waals surface area contributed by atoms with Crippen molar-refractivity contribution < 1.29 is 9.47 Å². The highest BCUT2D eigenvalue weighted by atomic mass is 35.5. The predicted molar refractivity (Wildman–Crippen MR) is 87.5 cm³/mol. The van der Waals surface area contributed by atoms with E-state index in [1.54, 1.807) is 0 Å². The Morgan fingerprint density at radius 1 is 1.10 bits per heavy atom. The summed E-state index contributed by atoms with van der Waals surface area (Å²) in [5, 5.41) is 4.33. The Morgan fingerprint density at radius 2 is 1.76 bits per heavy atom. The minimum Gasteiger partial charge on any atom is -0.489 e. The zero-order chi connectivity index (χ0) is 15.3. The van der Waals surface area contributed by atoms with Crippen LogP contribution in [-0.2, 0) is 6.54 Å². The molecular weight excluding hydrogens is 286 g/mol. The number of hydrogen-bond donors (Lipinski definition) is 1. The molecule has 1 N–H and O–H groups in total. The summed E-state index contributed by atoms with van der Waals surface area (Å²) >= 11 is 6.34. The molecule has 0 atom stereocenters. The van der Waals surface area contributed by atoms with Gasteiger partial charge in [0.15, 0.2) is 11.5 Å². The van der Waals surface area contributed by atoms with E-state index in [0.29, 0.717) is 24.0 Å². The molecule has 1 aromatic rings. The van der Waals surface area contributed by atoms with Gasteiger partial charge in [0, 0.05) is 18.5 Å². The molecule has 1 heterocycles. The Bertz CT molecular complexity index is 464. The zero-order valence-corrected chi connectivity index (χ0v) is 14.1. The molecule has 0 aromatic heterocycles. The van der Waals surface area contributed by atoms with Gasteiger partial charge in [0.2, 0.25) is 0 Å². The molecule has 0 spiro atoms. The lowest BCUT2D eigenvalue weighted by Gasteiger charge is -2.32. The lowest BCUT2D eigenvalue weighted by atomic mass is 9.89. The van der Waals surface area contributed by atoms with Gasteiger partial charge in [-0.3, -0.25) is 0 Å². The highest BCUT2D eigenvalue weighted by Gasteiger charge is 2.23. The first-order valence-corrected chi connectivity index (χ1v) is 8.35. The first kappa shape index (κ1) is 16.4. The topological polar surface area (TPSA) is 30.5 Å². The standard InChI is InChI=1S/C17H26ClNO2/c1-4-17(5-2,6-3)19-12-13-10-14(18)16-15(11-13)20-8-7-9-21-16/h10-11,19H,4-9,12H2,1-3H3. The van der Waals surface area contributed by atoms with Crippen LogP contribution < -0.4 is 14.8 Å². The van der Waals surface area contributed by atoms with Crippen molar-refractivity contribution in [3.05, 3.63) is 22.7 Å². The molecule has 0 saturated carbocycles. The molecule has 2 rings (SSSR count). The van der Waals surface area contributed by atoms with Crippen molar-refractivity contribution in [2.24, 2.45) is 0 Å². The quantitative estimate of drug-likeness (QED) is 0.835. The molecule has 1 aromatic carbocycles. The van der Waals surface area contributed by atoms with Crippen molar-refractivity contribution in [2.45, 2.75) is 58.5 Å². The van der Waals surface area contributed by atoms with Gasteiger partial charge in [0.05, 0.1) is 18.2 Å². The second kappa shape index (κ2) is 7.37. The highest BCUT2D eigenvalue weighted by molar-refractivity contribution is 6.32. The SMILES string of the molecule is CCC(CC)(CC)NCc1cc(Cl)c2c(c1)OCCCO2. The first-order valence-electron chi connectivity index (χ1n) is 7.97. The molecule has 3 nitrogen and oxygen atoms in total. The maximum atomic E-state index is 6.34. The van der Waals surface area contributed by atoms with Gasteiger partial charge in [-0.15, -0.1) is 0 Å². The van der Waals surface area contributed by atoms with Gasteiger partial charge in [-0.2, -0.15) is 0 Å². The second-order valence-electron chi connectivity index (χ2n) is 5.65. The maximum Gasteiger partial charge on any atom is 0.179 e. The van der Waals surface area contributed by atoms with Crippen molar-refractivity contribution in [3.63, 3.8) is 0 Å². The Balaban J connectivity index is 2.14. The normalized spacial score (nSPS) is 14.9. The molecule has 118 valence electrons. The predicted octanol–water partition coefficient (Wildman–Crippen LogP) is 4.56. The van der Waals surface area contributed by atoms with Crippen LogP contribution in [0.15, 0.2) is 12.1 Å². The number of ether oxygens (including phenoxy) is 2. The summed E-state index contributed by atoms with van der Waals surface area (Å²) in [6, 6.07) is 4.03. The first-order chi connectivity index (χ1) is 10.1. The Labute approximate surface area is 133 Å². The molecule has 0 saturated heterocycles. The molecule has 0 bridgehead atoms. The van der Waals surface area contributed by atoms with E-state index in [0.717, 1.165) is 43.5 Å². The van der Waals surface area contributed by atoms with E-state index >= 15 is 0 Å². The lowest BCUT2D eigenvalue weighted by molar-refractivity contribution is 0.287. The molecule has 0 fully saturated rings. The van der Waals surface area contributed by atoms with Gasteiger partial charge >= 0.3 is 0 Å². The monoisotopic (exact) mass is 311 g/mol. The van der Waals surface area contributed by atoms with E-state index < -0.39 is 0 Å². The number of nitrogens with one attached hydrogen (secondary N) is 1. The zero-order valence-electron chi connectivity index (χ0n) is 13.3. The van der Waals surface area contributed by atoms with E-state index in [4.69, 9.17) is 21.1 Å². The summed E-state index contributed by atoms with van der Waals surface area (Å²) in [5.41, 5.74) is 1.35. The molecule has 21 heavy (non-hydrogen) atoms. The summed E-state index contributed by atoms with van der Waals surface area (Å²) in [5.74, 6) is 1.46. The smallest absolute Gasteiger partial charge is 0.179 e. The number of halogens is 1. The molecular formula is C17H26ClNO2. The van der Waals surface area contributed by atoms with Crippen molar-refractivity contribution in [2.75, 3.05) is 13.2 Å². The van der Waals surface area contributed by atoms with Crippen molar-refractivity contribution in [1.82, 2.24) is 5.32 Å². The van der Waals surface area contributed by atoms with Gasteiger partial charge in [-0.25, -0.2) is 0 Å². The summed E-state index contributed by atoms with van der Waals surface area (Å²) < 4.78 is 11.4. The van der Waals surface area contributed by atoms with Gasteiger partial charge < -0.3 is 14.8 Å². The van der Waals surface area contributed by atoms with Crippen LogP contribution in [0.4, 0.5) is 0 Å². The van der Waals surface area contributed by atoms with Crippen LogP contribution in [0.3, 0.4) is 0 Å². The van der Waals surface area contributed by atoms with Crippen molar-refractivity contribution in [3.8, 4) is 11.5 Å². The highest BCUT2D eigenvalue weighted by Crippen LogP contribution is 2.38. The van der Waals surface area contributed by atoms with E-state index in [1.807, 2.05) is 12.1 Å². The summed E-state index contributed by atoms with van der Waals surface area (Å²) in [6.07, 6.45) is 4.26. The van der Waals surface area contributed by atoms with Crippen LogP contribution >= 0.6 is 11.6 Å². The summed E-state index contributed by atoms with van der Waals surface area (Å²) in [4.78, 5) is 0. The molecule has 0 radical (unpaired) electrons. The van der Waals surface area contributed by atoms with Gasteiger partial charge in [0.25, 0.3) is 0 Å². The number of rotatable bonds is 6. The molecule has 1 aliphatic rings. The Hall–Kier alpha value is -0.930. The molecule has 1 aliphatic heterocycles. The number of fused-ring (bicyclic) bond motifs is 1. The van der Waals surface area contributed by atoms with Crippen LogP contribution in [0.1, 0.15) is 52.0 Å². The van der Waals surface area contributed by atoms with Crippen LogP contribution in [0.5, 0.6) is 11.5 Å². The third-order valence-corrected chi connectivity index (χ3v) is 4.84. The van der Waals surface area contributed by atoms with Crippen LogP contribution in [0.25, 0.3) is 0 Å². The largest absolute Gasteiger partial charge is 0.489 e. The number of benzene rings is 1. The van der Waals surface area contributed by atoms with E-state index in [1.165, 1.54) is 0 Å². The average Bonchev–Trinajstić information content (AvgIpc) is 2.75. The maximum absolute atomic E-state index is 6.34. The van der Waals surface area contributed by atoms with Crippen LogP contribution in [0, 0.1) is 0 Å². The number of hydrogen-bond acceptors (Lipinski definition) is 3. The fourth-order valence-electron chi connectivity index (χ4n) is 2.80. The minimum absolute atomic E-state index is 0.205. The minimum atomic E-state index is 0.205. The summed E-state index contributed by atoms with van der Waals surface area (Å²) in [7, 11) is 0. The fraction of sp³-hybridized carbons (Fsp3) is 0.647. The van der Waals surface area contributed by atoms with E-state index in [2.05, 4.69) is 26.1 Å². The summed E-state index contributed by atoms with van der Waals surface area (Å²) in [6.45, 7) is 8.85. The lowest BCUT2D eigenvalue weighted by Crippen LogP contribution is -2.43. The average molecular weight is 312 g/mol. The van der Waals surface area contributed by atoms with Gasteiger partial charge in [-0.1, -0.05) is 32.4 Å². The van der Waals surface area contributed by atoms with E-state index in [9.17, 15) is 0 Å². The molecule has 0 aliphatic carbocycles. The molecule has 4 heteroatoms. The van der Waals surface area contributed by atoms with E-state index in [-0.39, 0.29) is 5.54 Å². The van der Waals surface area contributed by atoms with Crippen molar-refractivity contribution >= 4 is 11.6 Å². The second-order valence-corrected chi connectivity index (χ2v) is 6.06. The van der Waals surface area contributed by atoms with Crippen LogP contribution in [0.2, 0.25) is 5.02 Å². The molecule has 0 amide bonds. The van der Waals surface area contributed by atoms with Crippen LogP contribution in [-0.4, -0.2) is 18.8 Å². The Kier molecular flexibility index (Phi) is 5.77. The Morgan fingerprint density at radius 3 is 2.43 bits per heavy atom.